The summed E-state index contributed by atoms with van der Waals surface area (Å²) in [6.45, 7) is 5.25. The van der Waals surface area contributed by atoms with E-state index in [0.29, 0.717) is 0 Å². The first-order chi connectivity index (χ1) is 30.7. The van der Waals surface area contributed by atoms with Crippen LogP contribution in [0.5, 0.6) is 0 Å². The number of benzene rings is 9. The molecule has 5 heteroatoms. The summed E-state index contributed by atoms with van der Waals surface area (Å²) in [6, 6.07) is 64.6. The van der Waals surface area contributed by atoms with E-state index in [-0.39, 0.29) is 0 Å². The van der Waals surface area contributed by atoms with Crippen LogP contribution in [0.15, 0.2) is 208 Å². The van der Waals surface area contributed by atoms with Crippen molar-refractivity contribution in [1.82, 2.24) is 9.13 Å². The Morgan fingerprint density at radius 2 is 0.887 bits per heavy atom. The summed E-state index contributed by atoms with van der Waals surface area (Å²) in [5.41, 5.74) is 14.2. The largest absolute Gasteiger partial charge is 0.456 e. The lowest BCUT2D eigenvalue weighted by Gasteiger charge is -2.10. The summed E-state index contributed by atoms with van der Waals surface area (Å²) in [7, 11) is 0. The lowest BCUT2D eigenvalue weighted by molar-refractivity contribution is 0.662. The molecule has 0 radical (unpaired) electrons. The minimum absolute atomic E-state index is 0.800. The lowest BCUT2D eigenvalue weighted by atomic mass is 10.0. The molecular formula is C57H36N2O3. The molecule has 0 aliphatic heterocycles. The van der Waals surface area contributed by atoms with E-state index in [2.05, 4.69) is 186 Å². The van der Waals surface area contributed by atoms with Crippen molar-refractivity contribution >= 4 is 109 Å². The third-order valence-electron chi connectivity index (χ3n) is 12.5. The molecule has 14 aromatic rings. The van der Waals surface area contributed by atoms with Gasteiger partial charge in [-0.05, 0) is 109 Å². The Kier molecular flexibility index (Phi) is 7.31. The second kappa shape index (κ2) is 13.1. The lowest BCUT2D eigenvalue weighted by Crippen LogP contribution is -1.94. The Hall–Kier alpha value is -8.28. The van der Waals surface area contributed by atoms with E-state index < -0.39 is 0 Å². The van der Waals surface area contributed by atoms with Crippen molar-refractivity contribution in [3.8, 4) is 22.5 Å². The fraction of sp³-hybridized carbons (Fsp3) is 0.0175. The maximum absolute atomic E-state index is 6.77. The SMILES string of the molecule is C=CC.c1cc(-c2ccc3oc4c(ccc5oc6ccc(-n7c8ccccc8c8c9oc%10ccccc%10c9ccc87)cc6c54)c3c2)cc(-n2c3ccccc3c3ccccc32)c1. The molecule has 0 aliphatic carbocycles. The average molecular weight is 797 g/mol. The minimum atomic E-state index is 0.800. The highest BCUT2D eigenvalue weighted by Crippen LogP contribution is 2.44. The molecule has 5 aromatic heterocycles. The van der Waals surface area contributed by atoms with Crippen molar-refractivity contribution < 1.29 is 13.3 Å². The van der Waals surface area contributed by atoms with E-state index in [1.165, 1.54) is 21.8 Å². The van der Waals surface area contributed by atoms with E-state index in [4.69, 9.17) is 13.3 Å². The molecule has 0 unspecified atom stereocenters. The zero-order chi connectivity index (χ0) is 41.1. The fourth-order valence-electron chi connectivity index (χ4n) is 9.94. The van der Waals surface area contributed by atoms with Crippen LogP contribution in [0.1, 0.15) is 6.92 Å². The minimum Gasteiger partial charge on any atom is -0.456 e. The standard InChI is InChI=1S/C54H30N2O3.C3H6/c1-5-16-43-35(12-1)36-13-2-6-17-44(36)55(43)33-11-9-10-31(28-33)32-20-25-48-41(29-32)39-23-27-50-52(54(39)59-48)42-30-34(21-26-49(42)57-50)56-45-18-7-3-15-40(45)51-46(56)24-22-38-37-14-4-8-19-47(37)58-53(38)51;1-3-2/h1-30H;3H,1H2,2H3. The molecule has 0 saturated heterocycles. The van der Waals surface area contributed by atoms with Crippen molar-refractivity contribution in [3.63, 3.8) is 0 Å². The zero-order valence-electron chi connectivity index (χ0n) is 33.7. The van der Waals surface area contributed by atoms with Crippen LogP contribution < -0.4 is 0 Å². The van der Waals surface area contributed by atoms with Gasteiger partial charge in [0.1, 0.15) is 33.5 Å². The van der Waals surface area contributed by atoms with Gasteiger partial charge in [-0.15, -0.1) is 6.58 Å². The molecule has 5 nitrogen and oxygen atoms in total. The highest BCUT2D eigenvalue weighted by atomic mass is 16.3. The zero-order valence-corrected chi connectivity index (χ0v) is 33.7. The van der Waals surface area contributed by atoms with Gasteiger partial charge in [-0.3, -0.25) is 0 Å². The van der Waals surface area contributed by atoms with Gasteiger partial charge in [0.2, 0.25) is 0 Å². The molecule has 0 aliphatic rings. The van der Waals surface area contributed by atoms with Gasteiger partial charge in [-0.25, -0.2) is 0 Å². The van der Waals surface area contributed by atoms with Crippen LogP contribution in [0.3, 0.4) is 0 Å². The molecule has 0 fully saturated rings. The summed E-state index contributed by atoms with van der Waals surface area (Å²) in [5, 5.41) is 11.1. The average Bonchev–Trinajstić information content (AvgIpc) is 4.13. The first-order valence-electron chi connectivity index (χ1n) is 21.0. The third kappa shape index (κ3) is 4.84. The Morgan fingerprint density at radius 3 is 1.66 bits per heavy atom. The van der Waals surface area contributed by atoms with Gasteiger partial charge in [0.15, 0.2) is 0 Å². The van der Waals surface area contributed by atoms with Crippen LogP contribution in [0.4, 0.5) is 0 Å². The molecule has 292 valence electrons. The van der Waals surface area contributed by atoms with Gasteiger partial charge in [0, 0.05) is 54.5 Å². The molecule has 0 N–H and O–H groups in total. The van der Waals surface area contributed by atoms with Crippen molar-refractivity contribution in [2.75, 3.05) is 0 Å². The number of hydrogen-bond donors (Lipinski definition) is 0. The van der Waals surface area contributed by atoms with Crippen LogP contribution >= 0.6 is 0 Å². The number of fused-ring (bicyclic) bond motifs is 17. The topological polar surface area (TPSA) is 49.3 Å². The predicted molar refractivity (Wildman–Crippen MR) is 258 cm³/mol. The van der Waals surface area contributed by atoms with E-state index in [0.717, 1.165) is 110 Å². The molecular weight excluding hydrogens is 761 g/mol. The summed E-state index contributed by atoms with van der Waals surface area (Å²) < 4.78 is 24.6. The summed E-state index contributed by atoms with van der Waals surface area (Å²) in [6.07, 6.45) is 1.75. The van der Waals surface area contributed by atoms with Crippen molar-refractivity contribution in [2.45, 2.75) is 6.92 Å². The summed E-state index contributed by atoms with van der Waals surface area (Å²) >= 11 is 0. The number of aromatic nitrogens is 2. The van der Waals surface area contributed by atoms with Crippen molar-refractivity contribution in [1.29, 1.82) is 0 Å². The van der Waals surface area contributed by atoms with Gasteiger partial charge in [0.05, 0.1) is 32.8 Å². The predicted octanol–water partition coefficient (Wildman–Crippen LogP) is 16.4. The number of nitrogens with zero attached hydrogens (tertiary/aromatic N) is 2. The fourth-order valence-corrected chi connectivity index (χ4v) is 9.94. The number of hydrogen-bond acceptors (Lipinski definition) is 3. The van der Waals surface area contributed by atoms with Crippen molar-refractivity contribution in [2.24, 2.45) is 0 Å². The number of para-hydroxylation sites is 4. The van der Waals surface area contributed by atoms with E-state index in [1.807, 2.05) is 19.1 Å². The van der Waals surface area contributed by atoms with Crippen LogP contribution in [-0.2, 0) is 0 Å². The normalized spacial score (nSPS) is 12.0. The van der Waals surface area contributed by atoms with Gasteiger partial charge < -0.3 is 22.4 Å². The maximum Gasteiger partial charge on any atom is 0.147 e. The second-order valence-electron chi connectivity index (χ2n) is 16.0. The molecule has 0 spiro atoms. The van der Waals surface area contributed by atoms with E-state index in [1.54, 1.807) is 6.08 Å². The summed E-state index contributed by atoms with van der Waals surface area (Å²) in [4.78, 5) is 0. The Bertz CT molecular complexity index is 4090. The quantitative estimate of drug-likeness (QED) is 0.167. The first-order valence-corrected chi connectivity index (χ1v) is 21.0. The number of allylic oxidation sites excluding steroid dienone is 1. The van der Waals surface area contributed by atoms with Crippen molar-refractivity contribution in [3.05, 3.63) is 195 Å². The van der Waals surface area contributed by atoms with Gasteiger partial charge >= 0.3 is 0 Å². The molecule has 0 bridgehead atoms. The number of rotatable bonds is 3. The second-order valence-corrected chi connectivity index (χ2v) is 16.0. The molecule has 5 heterocycles. The Morgan fingerprint density at radius 1 is 0.355 bits per heavy atom. The van der Waals surface area contributed by atoms with Crippen LogP contribution in [0.2, 0.25) is 0 Å². The van der Waals surface area contributed by atoms with E-state index in [9.17, 15) is 0 Å². The van der Waals surface area contributed by atoms with Crippen LogP contribution in [0.25, 0.3) is 132 Å². The molecule has 14 rings (SSSR count). The molecule has 0 amide bonds. The first kappa shape index (κ1) is 34.6. The van der Waals surface area contributed by atoms with Crippen LogP contribution in [-0.4, -0.2) is 9.13 Å². The molecule has 9 aromatic carbocycles. The smallest absolute Gasteiger partial charge is 0.147 e. The third-order valence-corrected chi connectivity index (χ3v) is 12.5. The molecule has 62 heavy (non-hydrogen) atoms. The molecule has 0 saturated carbocycles. The maximum atomic E-state index is 6.77. The summed E-state index contributed by atoms with van der Waals surface area (Å²) in [5.74, 6) is 0. The molecule has 0 atom stereocenters. The highest BCUT2D eigenvalue weighted by molar-refractivity contribution is 6.25. The highest BCUT2D eigenvalue weighted by Gasteiger charge is 2.21. The van der Waals surface area contributed by atoms with Gasteiger partial charge in [-0.1, -0.05) is 97.1 Å². The monoisotopic (exact) mass is 796 g/mol. The van der Waals surface area contributed by atoms with Gasteiger partial charge in [-0.2, -0.15) is 0 Å². The van der Waals surface area contributed by atoms with E-state index >= 15 is 0 Å². The Labute approximate surface area is 354 Å². The Balaban J connectivity index is 0.00000127. The van der Waals surface area contributed by atoms with Crippen LogP contribution in [0, 0.1) is 0 Å². The van der Waals surface area contributed by atoms with Gasteiger partial charge in [0.25, 0.3) is 0 Å². The number of furan rings is 3.